The lowest BCUT2D eigenvalue weighted by Crippen LogP contribution is -2.52. The molecule has 0 bridgehead atoms. The summed E-state index contributed by atoms with van der Waals surface area (Å²) in [7, 11) is 2.06. The van der Waals surface area contributed by atoms with Crippen molar-refractivity contribution >= 4 is 17.6 Å². The predicted octanol–water partition coefficient (Wildman–Crippen LogP) is 1.15. The highest BCUT2D eigenvalue weighted by Crippen LogP contribution is 2.24. The van der Waals surface area contributed by atoms with E-state index in [1.807, 2.05) is 36.1 Å². The van der Waals surface area contributed by atoms with Gasteiger partial charge in [0.25, 0.3) is 0 Å². The molecule has 1 atom stereocenters. The van der Waals surface area contributed by atoms with E-state index in [0.29, 0.717) is 19.6 Å². The van der Waals surface area contributed by atoms with Crippen molar-refractivity contribution in [2.24, 2.45) is 0 Å². The number of amides is 3. The van der Waals surface area contributed by atoms with Crippen molar-refractivity contribution in [3.8, 4) is 5.75 Å². The molecule has 0 aromatic heterocycles. The lowest BCUT2D eigenvalue weighted by Gasteiger charge is -2.33. The molecule has 7 nitrogen and oxygen atoms in total. The van der Waals surface area contributed by atoms with E-state index in [1.54, 1.807) is 4.90 Å². The second kappa shape index (κ2) is 7.74. The van der Waals surface area contributed by atoms with E-state index in [0.717, 1.165) is 37.6 Å². The quantitative estimate of drug-likeness (QED) is 0.888. The van der Waals surface area contributed by atoms with Crippen molar-refractivity contribution in [1.29, 1.82) is 0 Å². The highest BCUT2D eigenvalue weighted by Gasteiger charge is 2.32. The van der Waals surface area contributed by atoms with Crippen LogP contribution in [0.25, 0.3) is 0 Å². The number of urea groups is 1. The first kappa shape index (κ1) is 17.5. The molecule has 0 spiro atoms. The van der Waals surface area contributed by atoms with Gasteiger partial charge < -0.3 is 24.8 Å². The molecule has 2 aliphatic heterocycles. The summed E-state index contributed by atoms with van der Waals surface area (Å²) < 4.78 is 5.43. The van der Waals surface area contributed by atoms with Crippen LogP contribution in [0.4, 0.5) is 10.5 Å². The second-order valence-corrected chi connectivity index (χ2v) is 6.57. The first-order valence-electron chi connectivity index (χ1n) is 8.84. The van der Waals surface area contributed by atoms with Gasteiger partial charge in [-0.2, -0.15) is 0 Å². The molecule has 25 heavy (non-hydrogen) atoms. The predicted molar refractivity (Wildman–Crippen MR) is 96.0 cm³/mol. The van der Waals surface area contributed by atoms with Crippen LogP contribution in [0.5, 0.6) is 5.75 Å². The third-order valence-electron chi connectivity index (χ3n) is 4.70. The average Bonchev–Trinajstić information content (AvgIpc) is 2.96. The van der Waals surface area contributed by atoms with Crippen molar-refractivity contribution < 1.29 is 14.3 Å². The Balaban J connectivity index is 1.55. The third kappa shape index (κ3) is 4.22. The van der Waals surface area contributed by atoms with Crippen LogP contribution in [0.15, 0.2) is 24.3 Å². The van der Waals surface area contributed by atoms with Crippen LogP contribution in [-0.4, -0.2) is 74.2 Å². The fourth-order valence-electron chi connectivity index (χ4n) is 3.22. The molecule has 136 valence electrons. The van der Waals surface area contributed by atoms with Gasteiger partial charge in [-0.15, -0.1) is 0 Å². The molecule has 0 saturated carbocycles. The summed E-state index contributed by atoms with van der Waals surface area (Å²) in [6.45, 7) is 6.28. The summed E-state index contributed by atoms with van der Waals surface area (Å²) >= 11 is 0. The third-order valence-corrected chi connectivity index (χ3v) is 4.70. The number of carbonyl (C=O) groups is 2. The molecule has 0 radical (unpaired) electrons. The largest absolute Gasteiger partial charge is 0.494 e. The van der Waals surface area contributed by atoms with Crippen molar-refractivity contribution in [3.63, 3.8) is 0 Å². The van der Waals surface area contributed by atoms with Crippen molar-refractivity contribution in [1.82, 2.24) is 15.1 Å². The molecule has 3 rings (SSSR count). The van der Waals surface area contributed by atoms with Crippen molar-refractivity contribution in [2.45, 2.75) is 19.4 Å². The summed E-state index contributed by atoms with van der Waals surface area (Å²) in [5, 5.41) is 3.01. The monoisotopic (exact) mass is 346 g/mol. The van der Waals surface area contributed by atoms with Crippen LogP contribution in [0.3, 0.4) is 0 Å². The normalized spacial score (nSPS) is 21.5. The second-order valence-electron chi connectivity index (χ2n) is 6.57. The van der Waals surface area contributed by atoms with Crippen molar-refractivity contribution in [2.75, 3.05) is 51.3 Å². The SMILES string of the molecule is CCOc1ccc(N2CC(NC(=O)N3CCN(C)CC3)CC2=O)cc1. The van der Waals surface area contributed by atoms with Gasteiger partial charge in [0, 0.05) is 44.8 Å². The molecule has 2 fully saturated rings. The minimum atomic E-state index is -0.147. The Morgan fingerprint density at radius 2 is 1.88 bits per heavy atom. The topological polar surface area (TPSA) is 65.1 Å². The highest BCUT2D eigenvalue weighted by atomic mass is 16.5. The number of nitrogens with one attached hydrogen (secondary N) is 1. The Morgan fingerprint density at radius 1 is 1.20 bits per heavy atom. The summed E-state index contributed by atoms with van der Waals surface area (Å²) in [6.07, 6.45) is 0.340. The summed E-state index contributed by atoms with van der Waals surface area (Å²) in [6, 6.07) is 7.27. The van der Waals surface area contributed by atoms with E-state index in [9.17, 15) is 9.59 Å². The van der Waals surface area contributed by atoms with Gasteiger partial charge in [-0.1, -0.05) is 0 Å². The van der Waals surface area contributed by atoms with Crippen molar-refractivity contribution in [3.05, 3.63) is 24.3 Å². The molecular formula is C18H26N4O3. The van der Waals surface area contributed by atoms with Crippen LogP contribution in [-0.2, 0) is 4.79 Å². The number of likely N-dealkylation sites (N-methyl/N-ethyl adjacent to an activating group) is 1. The zero-order valence-electron chi connectivity index (χ0n) is 14.9. The number of anilines is 1. The highest BCUT2D eigenvalue weighted by molar-refractivity contribution is 5.96. The molecule has 7 heteroatoms. The van der Waals surface area contributed by atoms with Crippen LogP contribution in [0, 0.1) is 0 Å². The maximum atomic E-state index is 12.4. The fourth-order valence-corrected chi connectivity index (χ4v) is 3.22. The Morgan fingerprint density at radius 3 is 2.52 bits per heavy atom. The number of hydrogen-bond acceptors (Lipinski definition) is 4. The van der Waals surface area contributed by atoms with Crippen LogP contribution < -0.4 is 15.0 Å². The van der Waals surface area contributed by atoms with Gasteiger partial charge in [0.2, 0.25) is 5.91 Å². The van der Waals surface area contributed by atoms with E-state index < -0.39 is 0 Å². The van der Waals surface area contributed by atoms with Gasteiger partial charge in [-0.25, -0.2) is 4.79 Å². The van der Waals surface area contributed by atoms with E-state index in [2.05, 4.69) is 17.3 Å². The van der Waals surface area contributed by atoms with Gasteiger partial charge in [-0.3, -0.25) is 4.79 Å². The minimum Gasteiger partial charge on any atom is -0.494 e. The molecule has 1 aromatic rings. The fraction of sp³-hybridized carbons (Fsp3) is 0.556. The number of nitrogens with zero attached hydrogens (tertiary/aromatic N) is 3. The minimum absolute atomic E-state index is 0.0350. The summed E-state index contributed by atoms with van der Waals surface area (Å²) in [5.74, 6) is 0.825. The summed E-state index contributed by atoms with van der Waals surface area (Å²) in [4.78, 5) is 30.5. The van der Waals surface area contributed by atoms with Gasteiger partial charge in [-0.05, 0) is 38.2 Å². The van der Waals surface area contributed by atoms with Crippen LogP contribution in [0.2, 0.25) is 0 Å². The van der Waals surface area contributed by atoms with E-state index in [4.69, 9.17) is 4.74 Å². The van der Waals surface area contributed by atoms with Gasteiger partial charge in [0.05, 0.1) is 12.6 Å². The first-order valence-corrected chi connectivity index (χ1v) is 8.84. The number of piperazine rings is 1. The molecule has 2 aliphatic rings. The Bertz CT molecular complexity index is 611. The first-order chi connectivity index (χ1) is 12.1. The molecular weight excluding hydrogens is 320 g/mol. The maximum absolute atomic E-state index is 12.4. The molecule has 1 N–H and O–H groups in total. The zero-order chi connectivity index (χ0) is 17.8. The Labute approximate surface area is 148 Å². The van der Waals surface area contributed by atoms with Gasteiger partial charge >= 0.3 is 6.03 Å². The van der Waals surface area contributed by atoms with Gasteiger partial charge in [0.1, 0.15) is 5.75 Å². The van der Waals surface area contributed by atoms with Gasteiger partial charge in [0.15, 0.2) is 0 Å². The van der Waals surface area contributed by atoms with E-state index >= 15 is 0 Å². The van der Waals surface area contributed by atoms with E-state index in [1.165, 1.54) is 0 Å². The number of carbonyl (C=O) groups excluding carboxylic acids is 2. The zero-order valence-corrected chi connectivity index (χ0v) is 14.9. The molecule has 3 amide bonds. The lowest BCUT2D eigenvalue weighted by molar-refractivity contribution is -0.117. The molecule has 1 unspecified atom stereocenters. The van der Waals surface area contributed by atoms with Crippen LogP contribution >= 0.6 is 0 Å². The molecule has 2 heterocycles. The van der Waals surface area contributed by atoms with Crippen LogP contribution in [0.1, 0.15) is 13.3 Å². The smallest absolute Gasteiger partial charge is 0.317 e. The Kier molecular flexibility index (Phi) is 5.43. The number of benzene rings is 1. The standard InChI is InChI=1S/C18H26N4O3/c1-3-25-16-6-4-15(5-7-16)22-13-14(12-17(22)23)19-18(24)21-10-8-20(2)9-11-21/h4-7,14H,3,8-13H2,1-2H3,(H,19,24). The summed E-state index contributed by atoms with van der Waals surface area (Å²) in [5.41, 5.74) is 0.838. The average molecular weight is 346 g/mol. The molecule has 0 aliphatic carbocycles. The lowest BCUT2D eigenvalue weighted by atomic mass is 10.2. The number of hydrogen-bond donors (Lipinski definition) is 1. The molecule has 2 saturated heterocycles. The number of rotatable bonds is 4. The number of ether oxygens (including phenoxy) is 1. The van der Waals surface area contributed by atoms with E-state index in [-0.39, 0.29) is 18.0 Å². The molecule has 1 aromatic carbocycles. The Hall–Kier alpha value is -2.28. The maximum Gasteiger partial charge on any atom is 0.317 e.